The minimum Gasteiger partial charge on any atom is -0.355 e. The van der Waals surface area contributed by atoms with Crippen molar-refractivity contribution in [2.75, 3.05) is 13.1 Å². The third kappa shape index (κ3) is 5.47. The monoisotopic (exact) mass is 265 g/mol. The molecule has 0 aliphatic carbocycles. The van der Waals surface area contributed by atoms with Crippen molar-refractivity contribution in [3.8, 4) is 0 Å². The Kier molecular flexibility index (Phi) is 7.33. The summed E-state index contributed by atoms with van der Waals surface area (Å²) in [6, 6.07) is -0.771. The smallest absolute Gasteiger partial charge is 0.237 e. The number of hydrogen-bond acceptors (Lipinski definition) is 4. The molecular formula is C10H23N3O3S. The van der Waals surface area contributed by atoms with Gasteiger partial charge in [0.1, 0.15) is 0 Å². The van der Waals surface area contributed by atoms with Crippen molar-refractivity contribution in [1.82, 2.24) is 10.0 Å². The van der Waals surface area contributed by atoms with Gasteiger partial charge in [0.05, 0.1) is 11.3 Å². The summed E-state index contributed by atoms with van der Waals surface area (Å²) in [5.74, 6) is -0.317. The van der Waals surface area contributed by atoms with Crippen molar-refractivity contribution in [3.63, 3.8) is 0 Å². The van der Waals surface area contributed by atoms with Crippen molar-refractivity contribution in [2.24, 2.45) is 5.73 Å². The van der Waals surface area contributed by atoms with Gasteiger partial charge in [-0.05, 0) is 19.8 Å². The van der Waals surface area contributed by atoms with Crippen LogP contribution < -0.4 is 15.8 Å². The second kappa shape index (κ2) is 7.62. The summed E-state index contributed by atoms with van der Waals surface area (Å²) in [5, 5.41) is 1.98. The van der Waals surface area contributed by atoms with E-state index in [1.807, 2.05) is 6.92 Å². The first-order chi connectivity index (χ1) is 7.88. The Morgan fingerprint density at radius 1 is 1.35 bits per heavy atom. The van der Waals surface area contributed by atoms with Crippen LogP contribution >= 0.6 is 0 Å². The van der Waals surface area contributed by atoms with E-state index in [2.05, 4.69) is 10.0 Å². The SMILES string of the molecule is CCCNC(=O)C(C)NS(=O)(=O)C(CC)CN. The zero-order valence-corrected chi connectivity index (χ0v) is 11.5. The molecule has 6 nitrogen and oxygen atoms in total. The van der Waals surface area contributed by atoms with E-state index in [9.17, 15) is 13.2 Å². The summed E-state index contributed by atoms with van der Waals surface area (Å²) in [7, 11) is -3.53. The van der Waals surface area contributed by atoms with Crippen molar-refractivity contribution in [2.45, 2.75) is 44.9 Å². The highest BCUT2D eigenvalue weighted by atomic mass is 32.2. The molecule has 0 aliphatic rings. The lowest BCUT2D eigenvalue weighted by molar-refractivity contribution is -0.122. The number of hydrogen-bond donors (Lipinski definition) is 3. The molecular weight excluding hydrogens is 242 g/mol. The van der Waals surface area contributed by atoms with Gasteiger partial charge >= 0.3 is 0 Å². The summed E-state index contributed by atoms with van der Waals surface area (Å²) in [6.45, 7) is 5.79. The van der Waals surface area contributed by atoms with Crippen LogP contribution in [-0.4, -0.2) is 38.7 Å². The Morgan fingerprint density at radius 3 is 2.35 bits per heavy atom. The molecule has 0 radical (unpaired) electrons. The average molecular weight is 265 g/mol. The van der Waals surface area contributed by atoms with Crippen molar-refractivity contribution in [1.29, 1.82) is 0 Å². The van der Waals surface area contributed by atoms with Crippen LogP contribution in [0, 0.1) is 0 Å². The highest BCUT2D eigenvalue weighted by Crippen LogP contribution is 2.03. The number of nitrogens with one attached hydrogen (secondary N) is 2. The van der Waals surface area contributed by atoms with Crippen molar-refractivity contribution in [3.05, 3.63) is 0 Å². The molecule has 1 amide bonds. The minimum atomic E-state index is -3.53. The first-order valence-corrected chi connectivity index (χ1v) is 7.42. The number of sulfonamides is 1. The molecule has 0 saturated carbocycles. The molecule has 0 aliphatic heterocycles. The van der Waals surface area contributed by atoms with E-state index in [-0.39, 0.29) is 12.5 Å². The zero-order chi connectivity index (χ0) is 13.5. The van der Waals surface area contributed by atoms with E-state index in [1.165, 1.54) is 6.92 Å². The number of carbonyl (C=O) groups is 1. The van der Waals surface area contributed by atoms with Crippen molar-refractivity contribution < 1.29 is 13.2 Å². The molecule has 4 N–H and O–H groups in total. The van der Waals surface area contributed by atoms with E-state index in [4.69, 9.17) is 5.73 Å². The van der Waals surface area contributed by atoms with Crippen LogP contribution in [0.3, 0.4) is 0 Å². The lowest BCUT2D eigenvalue weighted by atomic mass is 10.3. The minimum absolute atomic E-state index is 0.0507. The van der Waals surface area contributed by atoms with E-state index in [0.717, 1.165) is 6.42 Å². The summed E-state index contributed by atoms with van der Waals surface area (Å²) in [6.07, 6.45) is 1.24. The van der Waals surface area contributed by atoms with Gasteiger partial charge in [0.25, 0.3) is 0 Å². The molecule has 7 heteroatoms. The largest absolute Gasteiger partial charge is 0.355 e. The molecule has 0 fully saturated rings. The van der Waals surface area contributed by atoms with Gasteiger partial charge in [-0.25, -0.2) is 13.1 Å². The predicted molar refractivity (Wildman–Crippen MR) is 68.0 cm³/mol. The molecule has 0 rings (SSSR count). The first-order valence-electron chi connectivity index (χ1n) is 5.87. The van der Waals surface area contributed by atoms with Crippen molar-refractivity contribution >= 4 is 15.9 Å². The van der Waals surface area contributed by atoms with E-state index in [0.29, 0.717) is 13.0 Å². The molecule has 2 unspecified atom stereocenters. The summed E-state index contributed by atoms with van der Waals surface area (Å²) < 4.78 is 26.0. The van der Waals surface area contributed by atoms with E-state index in [1.54, 1.807) is 6.92 Å². The Labute approximate surface area is 103 Å². The Balaban J connectivity index is 4.45. The third-order valence-electron chi connectivity index (χ3n) is 2.44. The lowest BCUT2D eigenvalue weighted by Crippen LogP contribution is -2.49. The fourth-order valence-corrected chi connectivity index (χ4v) is 2.79. The summed E-state index contributed by atoms with van der Waals surface area (Å²) >= 11 is 0. The van der Waals surface area contributed by atoms with Crippen LogP contribution in [0.4, 0.5) is 0 Å². The van der Waals surface area contributed by atoms with Crippen LogP contribution in [0.15, 0.2) is 0 Å². The molecule has 0 bridgehead atoms. The standard InChI is InChI=1S/C10H23N3O3S/c1-4-6-12-10(14)8(3)13-17(15,16)9(5-2)7-11/h8-9,13H,4-7,11H2,1-3H3,(H,12,14). The first kappa shape index (κ1) is 16.3. The maximum absolute atomic E-state index is 11.8. The predicted octanol–water partition coefficient (Wildman–Crippen LogP) is -0.442. The average Bonchev–Trinajstić information content (AvgIpc) is 2.26. The van der Waals surface area contributed by atoms with Crippen LogP contribution in [0.5, 0.6) is 0 Å². The Hall–Kier alpha value is -0.660. The zero-order valence-electron chi connectivity index (χ0n) is 10.7. The van der Waals surface area contributed by atoms with Crippen LogP contribution in [0.25, 0.3) is 0 Å². The molecule has 0 spiro atoms. The fraction of sp³-hybridized carbons (Fsp3) is 0.900. The van der Waals surface area contributed by atoms with Gasteiger partial charge < -0.3 is 11.1 Å². The number of rotatable bonds is 8. The Bertz CT molecular complexity index is 326. The van der Waals surface area contributed by atoms with Crippen LogP contribution in [0.1, 0.15) is 33.6 Å². The van der Waals surface area contributed by atoms with Crippen LogP contribution in [0.2, 0.25) is 0 Å². The number of nitrogens with two attached hydrogens (primary N) is 1. The van der Waals surface area contributed by atoms with Gasteiger partial charge in [0.15, 0.2) is 0 Å². The number of amides is 1. The molecule has 0 aromatic rings. The normalized spacial score (nSPS) is 15.3. The van der Waals surface area contributed by atoms with Gasteiger partial charge in [-0.3, -0.25) is 4.79 Å². The van der Waals surface area contributed by atoms with Gasteiger partial charge in [-0.2, -0.15) is 0 Å². The maximum atomic E-state index is 11.8. The molecule has 0 aromatic heterocycles. The number of carbonyl (C=O) groups excluding carboxylic acids is 1. The summed E-state index contributed by atoms with van der Waals surface area (Å²) in [4.78, 5) is 11.5. The third-order valence-corrected chi connectivity index (χ3v) is 4.53. The van der Waals surface area contributed by atoms with Gasteiger partial charge in [-0.15, -0.1) is 0 Å². The molecule has 17 heavy (non-hydrogen) atoms. The molecule has 0 saturated heterocycles. The van der Waals surface area contributed by atoms with E-state index >= 15 is 0 Å². The highest BCUT2D eigenvalue weighted by Gasteiger charge is 2.26. The quantitative estimate of drug-likeness (QED) is 0.553. The highest BCUT2D eigenvalue weighted by molar-refractivity contribution is 7.90. The molecule has 0 heterocycles. The Morgan fingerprint density at radius 2 is 1.94 bits per heavy atom. The summed E-state index contributed by atoms with van der Waals surface area (Å²) in [5.41, 5.74) is 5.38. The van der Waals surface area contributed by atoms with E-state index < -0.39 is 21.3 Å². The molecule has 2 atom stereocenters. The van der Waals surface area contributed by atoms with Gasteiger partial charge in [0, 0.05) is 13.1 Å². The van der Waals surface area contributed by atoms with Crippen LogP contribution in [-0.2, 0) is 14.8 Å². The fourth-order valence-electron chi connectivity index (χ4n) is 1.31. The van der Waals surface area contributed by atoms with Gasteiger partial charge in [0.2, 0.25) is 15.9 Å². The lowest BCUT2D eigenvalue weighted by Gasteiger charge is -2.18. The second-order valence-corrected chi connectivity index (χ2v) is 5.93. The topological polar surface area (TPSA) is 101 Å². The van der Waals surface area contributed by atoms with Gasteiger partial charge in [-0.1, -0.05) is 13.8 Å². The second-order valence-electron chi connectivity index (χ2n) is 3.94. The molecule has 0 aromatic carbocycles. The maximum Gasteiger partial charge on any atom is 0.237 e. The molecule has 102 valence electrons.